The van der Waals surface area contributed by atoms with E-state index in [2.05, 4.69) is 11.9 Å². The SMILES string of the molecule is C=C1Cc2oc(=O)cc(CC3CCCCCC3)c2C(=O)N1. The first kappa shape index (κ1) is 14.1. The minimum absolute atomic E-state index is 0.186. The Morgan fingerprint density at radius 3 is 2.62 bits per heavy atom. The minimum atomic E-state index is -0.361. The van der Waals surface area contributed by atoms with Crippen LogP contribution in [0.5, 0.6) is 0 Å². The summed E-state index contributed by atoms with van der Waals surface area (Å²) in [6, 6.07) is 1.50. The zero-order chi connectivity index (χ0) is 14.8. The molecular formula is C17H21NO3. The summed E-state index contributed by atoms with van der Waals surface area (Å²) in [5, 5.41) is 2.75. The lowest BCUT2D eigenvalue weighted by Gasteiger charge is -2.21. The molecular weight excluding hydrogens is 266 g/mol. The summed E-state index contributed by atoms with van der Waals surface area (Å²) in [6.07, 6.45) is 8.67. The second-order valence-corrected chi connectivity index (χ2v) is 6.19. The Morgan fingerprint density at radius 1 is 1.19 bits per heavy atom. The van der Waals surface area contributed by atoms with Crippen LogP contribution < -0.4 is 10.9 Å². The summed E-state index contributed by atoms with van der Waals surface area (Å²) in [4.78, 5) is 24.0. The number of carbonyl (C=O) groups is 1. The van der Waals surface area contributed by atoms with Gasteiger partial charge in [0.2, 0.25) is 0 Å². The molecule has 3 rings (SSSR count). The van der Waals surface area contributed by atoms with Gasteiger partial charge in [-0.25, -0.2) is 4.79 Å². The minimum Gasteiger partial charge on any atom is -0.427 e. The molecule has 0 spiro atoms. The molecule has 4 heteroatoms. The molecule has 112 valence electrons. The Labute approximate surface area is 124 Å². The van der Waals surface area contributed by atoms with Crippen LogP contribution in [0.4, 0.5) is 0 Å². The van der Waals surface area contributed by atoms with Crippen molar-refractivity contribution in [2.45, 2.75) is 51.4 Å². The molecule has 1 aliphatic heterocycles. The first-order valence-electron chi connectivity index (χ1n) is 7.78. The predicted octanol–water partition coefficient (Wildman–Crippen LogP) is 2.95. The maximum atomic E-state index is 12.2. The molecule has 0 bridgehead atoms. The van der Waals surface area contributed by atoms with Crippen molar-refractivity contribution in [2.75, 3.05) is 0 Å². The van der Waals surface area contributed by atoms with E-state index in [1.54, 1.807) is 0 Å². The lowest BCUT2D eigenvalue weighted by atomic mass is 9.89. The fraction of sp³-hybridized carbons (Fsp3) is 0.529. The van der Waals surface area contributed by atoms with Gasteiger partial charge < -0.3 is 9.73 Å². The number of hydrogen-bond donors (Lipinski definition) is 1. The lowest BCUT2D eigenvalue weighted by molar-refractivity contribution is 0.0952. The van der Waals surface area contributed by atoms with Crippen molar-refractivity contribution in [3.63, 3.8) is 0 Å². The number of hydrogen-bond acceptors (Lipinski definition) is 3. The van der Waals surface area contributed by atoms with Crippen LogP contribution in [0.15, 0.2) is 27.6 Å². The quantitative estimate of drug-likeness (QED) is 0.851. The average Bonchev–Trinajstić information content (AvgIpc) is 2.65. The van der Waals surface area contributed by atoms with Crippen LogP contribution >= 0.6 is 0 Å². The van der Waals surface area contributed by atoms with Gasteiger partial charge in [0.15, 0.2) is 0 Å². The third-order valence-corrected chi connectivity index (χ3v) is 4.49. The monoisotopic (exact) mass is 287 g/mol. The predicted molar refractivity (Wildman–Crippen MR) is 80.2 cm³/mol. The van der Waals surface area contributed by atoms with Crippen LogP contribution in [-0.2, 0) is 12.8 Å². The molecule has 2 aliphatic rings. The van der Waals surface area contributed by atoms with E-state index in [4.69, 9.17) is 4.42 Å². The highest BCUT2D eigenvalue weighted by molar-refractivity contribution is 5.98. The molecule has 2 heterocycles. The molecule has 0 aromatic carbocycles. The van der Waals surface area contributed by atoms with Crippen molar-refractivity contribution >= 4 is 5.91 Å². The summed E-state index contributed by atoms with van der Waals surface area (Å²) in [5.41, 5.74) is 1.63. The number of rotatable bonds is 2. The smallest absolute Gasteiger partial charge is 0.336 e. The number of carbonyl (C=O) groups excluding carboxylic acids is 1. The Hall–Kier alpha value is -1.84. The van der Waals surface area contributed by atoms with E-state index in [0.29, 0.717) is 29.4 Å². The van der Waals surface area contributed by atoms with E-state index >= 15 is 0 Å². The molecule has 1 aromatic rings. The average molecular weight is 287 g/mol. The van der Waals surface area contributed by atoms with E-state index in [1.807, 2.05) is 0 Å². The molecule has 1 fully saturated rings. The van der Waals surface area contributed by atoms with Crippen LogP contribution in [0, 0.1) is 5.92 Å². The van der Waals surface area contributed by atoms with E-state index in [1.165, 1.54) is 44.6 Å². The summed E-state index contributed by atoms with van der Waals surface area (Å²) in [5.74, 6) is 0.852. The van der Waals surface area contributed by atoms with Gasteiger partial charge in [-0.15, -0.1) is 0 Å². The van der Waals surface area contributed by atoms with Crippen molar-refractivity contribution in [1.82, 2.24) is 5.32 Å². The van der Waals surface area contributed by atoms with Gasteiger partial charge in [-0.1, -0.05) is 45.1 Å². The number of fused-ring (bicyclic) bond motifs is 1. The maximum Gasteiger partial charge on any atom is 0.336 e. The van der Waals surface area contributed by atoms with E-state index in [0.717, 1.165) is 12.0 Å². The molecule has 1 aliphatic carbocycles. The van der Waals surface area contributed by atoms with E-state index in [9.17, 15) is 9.59 Å². The first-order chi connectivity index (χ1) is 10.1. The second-order valence-electron chi connectivity index (χ2n) is 6.19. The van der Waals surface area contributed by atoms with Crippen LogP contribution in [0.3, 0.4) is 0 Å². The molecule has 1 N–H and O–H groups in total. The Balaban J connectivity index is 1.92. The third-order valence-electron chi connectivity index (χ3n) is 4.49. The van der Waals surface area contributed by atoms with Crippen molar-refractivity contribution < 1.29 is 9.21 Å². The summed E-state index contributed by atoms with van der Waals surface area (Å²) >= 11 is 0. The van der Waals surface area contributed by atoms with Gasteiger partial charge in [0.05, 0.1) is 5.56 Å². The van der Waals surface area contributed by atoms with Crippen molar-refractivity contribution in [1.29, 1.82) is 0 Å². The molecule has 0 atom stereocenters. The maximum absolute atomic E-state index is 12.2. The zero-order valence-electron chi connectivity index (χ0n) is 12.2. The zero-order valence-corrected chi connectivity index (χ0v) is 12.2. The highest BCUT2D eigenvalue weighted by atomic mass is 16.4. The molecule has 1 saturated carbocycles. The van der Waals surface area contributed by atoms with Gasteiger partial charge in [-0.2, -0.15) is 0 Å². The highest BCUT2D eigenvalue weighted by Gasteiger charge is 2.26. The van der Waals surface area contributed by atoms with Gasteiger partial charge in [0.25, 0.3) is 5.91 Å². The van der Waals surface area contributed by atoms with Crippen LogP contribution in [0.1, 0.15) is 60.2 Å². The number of amides is 1. The van der Waals surface area contributed by atoms with Crippen LogP contribution in [0.2, 0.25) is 0 Å². The first-order valence-corrected chi connectivity index (χ1v) is 7.78. The van der Waals surface area contributed by atoms with Gasteiger partial charge in [0, 0.05) is 18.2 Å². The van der Waals surface area contributed by atoms with Crippen molar-refractivity contribution in [2.24, 2.45) is 5.92 Å². The molecule has 1 amide bonds. The molecule has 21 heavy (non-hydrogen) atoms. The Bertz CT molecular complexity index is 621. The Morgan fingerprint density at radius 2 is 1.90 bits per heavy atom. The van der Waals surface area contributed by atoms with Gasteiger partial charge in [0.1, 0.15) is 5.76 Å². The third kappa shape index (κ3) is 3.09. The van der Waals surface area contributed by atoms with Crippen molar-refractivity contribution in [3.8, 4) is 0 Å². The number of allylic oxidation sites excluding steroid dienone is 1. The summed E-state index contributed by atoms with van der Waals surface area (Å²) in [6.45, 7) is 3.76. The van der Waals surface area contributed by atoms with Crippen LogP contribution in [-0.4, -0.2) is 5.91 Å². The molecule has 1 aromatic heterocycles. The van der Waals surface area contributed by atoms with Gasteiger partial charge in [-0.05, 0) is 17.9 Å². The van der Waals surface area contributed by atoms with Crippen LogP contribution in [0.25, 0.3) is 0 Å². The van der Waals surface area contributed by atoms with Gasteiger partial charge >= 0.3 is 5.63 Å². The molecule has 0 saturated heterocycles. The molecule has 0 radical (unpaired) electrons. The van der Waals surface area contributed by atoms with E-state index < -0.39 is 0 Å². The molecule has 4 nitrogen and oxygen atoms in total. The lowest BCUT2D eigenvalue weighted by Crippen LogP contribution is -2.32. The fourth-order valence-corrected chi connectivity index (χ4v) is 3.49. The normalized spacial score (nSPS) is 19.8. The highest BCUT2D eigenvalue weighted by Crippen LogP contribution is 2.28. The van der Waals surface area contributed by atoms with Gasteiger partial charge in [-0.3, -0.25) is 4.79 Å². The topological polar surface area (TPSA) is 59.3 Å². The standard InChI is InChI=1S/C17H21NO3/c1-11-8-14-16(17(20)18-11)13(10-15(19)21-14)9-12-6-4-2-3-5-7-12/h10,12H,1-9H2,(H,18,20). The summed E-state index contributed by atoms with van der Waals surface area (Å²) in [7, 11) is 0. The van der Waals surface area contributed by atoms with Crippen molar-refractivity contribution in [3.05, 3.63) is 45.6 Å². The van der Waals surface area contributed by atoms with E-state index in [-0.39, 0.29) is 11.5 Å². The second kappa shape index (κ2) is 5.88. The Kier molecular flexibility index (Phi) is 3.95. The largest absolute Gasteiger partial charge is 0.427 e. The fourth-order valence-electron chi connectivity index (χ4n) is 3.49. The number of nitrogens with one attached hydrogen (secondary N) is 1. The molecule has 0 unspecified atom stereocenters. The summed E-state index contributed by atoms with van der Waals surface area (Å²) < 4.78 is 5.22.